The number of hydrogen-bond acceptors (Lipinski definition) is 2. The van der Waals surface area contributed by atoms with E-state index in [1.54, 1.807) is 22.9 Å². The predicted octanol–water partition coefficient (Wildman–Crippen LogP) is 2.45. The largest absolute Gasteiger partial charge is 0.321 e. The van der Waals surface area contributed by atoms with Gasteiger partial charge < -0.3 is 5.32 Å². The number of terminal acetylenes is 1. The summed E-state index contributed by atoms with van der Waals surface area (Å²) < 4.78 is 1.68. The van der Waals surface area contributed by atoms with Gasteiger partial charge in [0.2, 0.25) is 0 Å². The number of hydrogen-bond donors (Lipinski definition) is 1. The molecule has 19 heavy (non-hydrogen) atoms. The molecule has 0 radical (unpaired) electrons. The molecule has 2 rings (SSSR count). The van der Waals surface area contributed by atoms with Gasteiger partial charge in [-0.15, -0.1) is 6.42 Å². The highest BCUT2D eigenvalue weighted by Gasteiger charge is 2.13. The van der Waals surface area contributed by atoms with Gasteiger partial charge in [0.15, 0.2) is 0 Å². The molecule has 0 saturated heterocycles. The average molecular weight is 253 g/mol. The lowest BCUT2D eigenvalue weighted by Crippen LogP contribution is -2.17. The third-order valence-electron chi connectivity index (χ3n) is 2.72. The number of anilines is 1. The van der Waals surface area contributed by atoms with Crippen molar-refractivity contribution in [3.63, 3.8) is 0 Å². The lowest BCUT2D eigenvalue weighted by molar-refractivity contribution is 0.101. The van der Waals surface area contributed by atoms with E-state index in [1.807, 2.05) is 26.0 Å². The minimum atomic E-state index is -0.184. The standard InChI is InChI=1S/C15H15N3O/c1-4-12-7-6-8-13(10-12)16-15(19)14-9-11(3)17-18(14)5-2/h1,6-10H,5H2,2-3H3,(H,16,19). The SMILES string of the molecule is C#Cc1cccc(NC(=O)c2cc(C)nn2CC)c1. The van der Waals surface area contributed by atoms with E-state index in [-0.39, 0.29) is 5.91 Å². The van der Waals surface area contributed by atoms with Crippen LogP contribution in [-0.2, 0) is 6.54 Å². The lowest BCUT2D eigenvalue weighted by Gasteiger charge is -2.06. The van der Waals surface area contributed by atoms with Crippen molar-refractivity contribution < 1.29 is 4.79 Å². The van der Waals surface area contributed by atoms with Crippen molar-refractivity contribution in [2.45, 2.75) is 20.4 Å². The highest BCUT2D eigenvalue weighted by atomic mass is 16.2. The first kappa shape index (κ1) is 12.9. The molecule has 0 fully saturated rings. The van der Waals surface area contributed by atoms with E-state index in [2.05, 4.69) is 16.3 Å². The third kappa shape index (κ3) is 2.83. The summed E-state index contributed by atoms with van der Waals surface area (Å²) in [5.41, 5.74) is 2.79. The normalized spacial score (nSPS) is 9.95. The molecule has 0 saturated carbocycles. The van der Waals surface area contributed by atoms with Crippen LogP contribution < -0.4 is 5.32 Å². The molecule has 2 aromatic rings. The molecule has 96 valence electrons. The molecule has 0 spiro atoms. The molecule has 4 nitrogen and oxygen atoms in total. The summed E-state index contributed by atoms with van der Waals surface area (Å²) >= 11 is 0. The number of carbonyl (C=O) groups excluding carboxylic acids is 1. The Kier molecular flexibility index (Phi) is 3.67. The lowest BCUT2D eigenvalue weighted by atomic mass is 10.2. The molecule has 4 heteroatoms. The second-order valence-electron chi connectivity index (χ2n) is 4.17. The Morgan fingerprint density at radius 2 is 2.26 bits per heavy atom. The summed E-state index contributed by atoms with van der Waals surface area (Å²) in [7, 11) is 0. The second kappa shape index (κ2) is 5.40. The van der Waals surface area contributed by atoms with Crippen molar-refractivity contribution in [2.24, 2.45) is 0 Å². The number of nitrogens with zero attached hydrogens (tertiary/aromatic N) is 2. The fourth-order valence-electron chi connectivity index (χ4n) is 1.85. The summed E-state index contributed by atoms with van der Waals surface area (Å²) in [5, 5.41) is 7.07. The van der Waals surface area contributed by atoms with Crippen molar-refractivity contribution >= 4 is 11.6 Å². The van der Waals surface area contributed by atoms with Crippen LogP contribution in [0.5, 0.6) is 0 Å². The van der Waals surface area contributed by atoms with Gasteiger partial charge in [0.05, 0.1) is 5.69 Å². The van der Waals surface area contributed by atoms with Gasteiger partial charge in [-0.2, -0.15) is 5.10 Å². The molecule has 0 aliphatic rings. The van der Waals surface area contributed by atoms with Gasteiger partial charge >= 0.3 is 0 Å². The van der Waals surface area contributed by atoms with Crippen LogP contribution >= 0.6 is 0 Å². The minimum absolute atomic E-state index is 0.184. The maximum Gasteiger partial charge on any atom is 0.273 e. The number of benzene rings is 1. The van der Waals surface area contributed by atoms with Gasteiger partial charge in [-0.1, -0.05) is 12.0 Å². The van der Waals surface area contributed by atoms with E-state index in [0.29, 0.717) is 17.9 Å². The van der Waals surface area contributed by atoms with Crippen LogP contribution in [0.15, 0.2) is 30.3 Å². The number of amides is 1. The van der Waals surface area contributed by atoms with E-state index >= 15 is 0 Å². The average Bonchev–Trinajstić information content (AvgIpc) is 2.80. The minimum Gasteiger partial charge on any atom is -0.321 e. The maximum atomic E-state index is 12.2. The number of aromatic nitrogens is 2. The zero-order valence-corrected chi connectivity index (χ0v) is 11.0. The second-order valence-corrected chi connectivity index (χ2v) is 4.17. The van der Waals surface area contributed by atoms with Gasteiger partial charge in [-0.25, -0.2) is 0 Å². The molecule has 0 aliphatic heterocycles. The first-order chi connectivity index (χ1) is 9.13. The molecule has 0 unspecified atom stereocenters. The van der Waals surface area contributed by atoms with Crippen molar-refractivity contribution in [1.29, 1.82) is 0 Å². The van der Waals surface area contributed by atoms with E-state index in [1.165, 1.54) is 0 Å². The Labute approximate surface area is 112 Å². The summed E-state index contributed by atoms with van der Waals surface area (Å²) in [4.78, 5) is 12.2. The van der Waals surface area contributed by atoms with Crippen LogP contribution in [-0.4, -0.2) is 15.7 Å². The Bertz CT molecular complexity index is 650. The Morgan fingerprint density at radius 1 is 1.47 bits per heavy atom. The van der Waals surface area contributed by atoms with Crippen molar-refractivity contribution in [3.05, 3.63) is 47.3 Å². The highest BCUT2D eigenvalue weighted by Crippen LogP contribution is 2.12. The Balaban J connectivity index is 2.23. The summed E-state index contributed by atoms with van der Waals surface area (Å²) in [5.74, 6) is 2.35. The molecule has 1 heterocycles. The van der Waals surface area contributed by atoms with Gasteiger partial charge in [0.25, 0.3) is 5.91 Å². The third-order valence-corrected chi connectivity index (χ3v) is 2.72. The van der Waals surface area contributed by atoms with Crippen LogP contribution in [0.1, 0.15) is 28.7 Å². The van der Waals surface area contributed by atoms with Crippen LogP contribution in [0.3, 0.4) is 0 Å². The van der Waals surface area contributed by atoms with Crippen LogP contribution in [0.4, 0.5) is 5.69 Å². The van der Waals surface area contributed by atoms with E-state index in [9.17, 15) is 4.79 Å². The molecule has 1 aromatic carbocycles. The molecular weight excluding hydrogens is 238 g/mol. The maximum absolute atomic E-state index is 12.2. The predicted molar refractivity (Wildman–Crippen MR) is 75.0 cm³/mol. The molecule has 1 aromatic heterocycles. The van der Waals surface area contributed by atoms with Crippen LogP contribution in [0.25, 0.3) is 0 Å². The van der Waals surface area contributed by atoms with Crippen molar-refractivity contribution in [3.8, 4) is 12.3 Å². The van der Waals surface area contributed by atoms with Gasteiger partial charge in [0.1, 0.15) is 5.69 Å². The van der Waals surface area contributed by atoms with E-state index in [4.69, 9.17) is 6.42 Å². The van der Waals surface area contributed by atoms with Gasteiger partial charge in [-0.05, 0) is 38.1 Å². The molecule has 0 bridgehead atoms. The summed E-state index contributed by atoms with van der Waals surface area (Å²) in [6.45, 7) is 4.46. The number of nitrogens with one attached hydrogen (secondary N) is 1. The molecule has 0 atom stereocenters. The monoisotopic (exact) mass is 253 g/mol. The van der Waals surface area contributed by atoms with Crippen LogP contribution in [0.2, 0.25) is 0 Å². The van der Waals surface area contributed by atoms with Crippen LogP contribution in [0, 0.1) is 19.3 Å². The Hall–Kier alpha value is -2.54. The Morgan fingerprint density at radius 3 is 2.95 bits per heavy atom. The smallest absolute Gasteiger partial charge is 0.273 e. The fraction of sp³-hybridized carbons (Fsp3) is 0.200. The summed E-state index contributed by atoms with van der Waals surface area (Å²) in [6, 6.07) is 8.96. The topological polar surface area (TPSA) is 46.9 Å². The molecule has 0 aliphatic carbocycles. The zero-order valence-electron chi connectivity index (χ0n) is 11.0. The molecular formula is C15H15N3O. The first-order valence-electron chi connectivity index (χ1n) is 6.06. The number of carbonyl (C=O) groups is 1. The fourth-order valence-corrected chi connectivity index (χ4v) is 1.85. The zero-order chi connectivity index (χ0) is 13.8. The summed E-state index contributed by atoms with van der Waals surface area (Å²) in [6.07, 6.45) is 5.33. The van der Waals surface area contributed by atoms with Gasteiger partial charge in [-0.3, -0.25) is 9.48 Å². The van der Waals surface area contributed by atoms with Crippen molar-refractivity contribution in [2.75, 3.05) is 5.32 Å². The highest BCUT2D eigenvalue weighted by molar-refractivity contribution is 6.03. The number of rotatable bonds is 3. The van der Waals surface area contributed by atoms with Crippen molar-refractivity contribution in [1.82, 2.24) is 9.78 Å². The first-order valence-corrected chi connectivity index (χ1v) is 6.06. The molecule has 1 amide bonds. The molecule has 1 N–H and O–H groups in total. The number of aryl methyl sites for hydroxylation is 2. The quantitative estimate of drug-likeness (QED) is 0.854. The van der Waals surface area contributed by atoms with Gasteiger partial charge in [0, 0.05) is 17.8 Å². The van der Waals surface area contributed by atoms with E-state index in [0.717, 1.165) is 11.3 Å². The van der Waals surface area contributed by atoms with E-state index < -0.39 is 0 Å².